The van der Waals surface area contributed by atoms with Crippen LogP contribution in [-0.2, 0) is 28.6 Å². The van der Waals surface area contributed by atoms with E-state index in [4.69, 9.17) is 14.2 Å². The van der Waals surface area contributed by atoms with Gasteiger partial charge in [0.05, 0.1) is 25.9 Å². The van der Waals surface area contributed by atoms with Crippen molar-refractivity contribution in [1.82, 2.24) is 0 Å². The highest BCUT2D eigenvalue weighted by Gasteiger charge is 2.54. The average Bonchev–Trinajstić information content (AvgIpc) is 3.04. The van der Waals surface area contributed by atoms with E-state index in [2.05, 4.69) is 0 Å². The quantitative estimate of drug-likeness (QED) is 0.340. The largest absolute Gasteiger partial charge is 0.468 e. The van der Waals surface area contributed by atoms with Crippen LogP contribution >= 0.6 is 0 Å². The fourth-order valence-corrected chi connectivity index (χ4v) is 3.02. The molecule has 0 spiro atoms. The van der Waals surface area contributed by atoms with Crippen molar-refractivity contribution in [2.75, 3.05) is 14.2 Å². The van der Waals surface area contributed by atoms with Crippen LogP contribution in [0.15, 0.2) is 47.7 Å². The standard InChI is InChI=1S/C22H26O6/c1-21(2,3)18(23)28-14-17-13-22(19(24)26-4,20(25)27-5)12-16(17)11-15-9-7-6-8-10-15/h6-11,14H,12-13H2,1-5H3/b16-11+,17-14+. The van der Waals surface area contributed by atoms with Gasteiger partial charge in [-0.05, 0) is 43.9 Å². The zero-order valence-corrected chi connectivity index (χ0v) is 16.9. The Labute approximate surface area is 165 Å². The number of allylic oxidation sites excluding steroid dienone is 2. The van der Waals surface area contributed by atoms with E-state index in [0.717, 1.165) is 5.56 Å². The number of esters is 3. The summed E-state index contributed by atoms with van der Waals surface area (Å²) in [5, 5.41) is 0. The first kappa shape index (κ1) is 21.4. The fraction of sp³-hybridized carbons (Fsp3) is 0.409. The highest BCUT2D eigenvalue weighted by Crippen LogP contribution is 2.47. The Morgan fingerprint density at radius 2 is 1.46 bits per heavy atom. The van der Waals surface area contributed by atoms with Gasteiger partial charge in [-0.25, -0.2) is 0 Å². The Hall–Kier alpha value is -2.89. The summed E-state index contributed by atoms with van der Waals surface area (Å²) in [4.78, 5) is 37.1. The Bertz CT molecular complexity index is 795. The Morgan fingerprint density at radius 1 is 0.929 bits per heavy atom. The van der Waals surface area contributed by atoms with E-state index in [-0.39, 0.29) is 12.8 Å². The molecule has 1 fully saturated rings. The number of hydrogen-bond acceptors (Lipinski definition) is 6. The molecule has 2 rings (SSSR count). The van der Waals surface area contributed by atoms with Crippen molar-refractivity contribution in [2.24, 2.45) is 10.8 Å². The lowest BCUT2D eigenvalue weighted by Crippen LogP contribution is -2.38. The smallest absolute Gasteiger partial charge is 0.323 e. The number of hydrogen-bond donors (Lipinski definition) is 0. The van der Waals surface area contributed by atoms with Gasteiger partial charge < -0.3 is 14.2 Å². The topological polar surface area (TPSA) is 78.9 Å². The molecule has 1 aliphatic rings. The predicted octanol–water partition coefficient (Wildman–Crippen LogP) is 3.67. The molecule has 28 heavy (non-hydrogen) atoms. The molecule has 0 unspecified atom stereocenters. The molecule has 0 saturated heterocycles. The third-order valence-electron chi connectivity index (χ3n) is 4.61. The molecule has 0 aliphatic heterocycles. The molecule has 1 aromatic carbocycles. The Morgan fingerprint density at radius 3 is 1.96 bits per heavy atom. The monoisotopic (exact) mass is 386 g/mol. The Kier molecular flexibility index (Phi) is 6.44. The summed E-state index contributed by atoms with van der Waals surface area (Å²) in [6.07, 6.45) is 3.32. The third kappa shape index (κ3) is 4.50. The molecule has 0 amide bonds. The van der Waals surface area contributed by atoms with Gasteiger partial charge in [-0.2, -0.15) is 0 Å². The molecular formula is C22H26O6. The van der Waals surface area contributed by atoms with Gasteiger partial charge in [0.25, 0.3) is 0 Å². The molecule has 1 saturated carbocycles. The van der Waals surface area contributed by atoms with E-state index in [0.29, 0.717) is 11.1 Å². The van der Waals surface area contributed by atoms with Gasteiger partial charge in [0.15, 0.2) is 5.41 Å². The number of carbonyl (C=O) groups excluding carboxylic acids is 3. The van der Waals surface area contributed by atoms with Crippen molar-refractivity contribution < 1.29 is 28.6 Å². The summed E-state index contributed by atoms with van der Waals surface area (Å²) in [5.41, 5.74) is 0.0160. The summed E-state index contributed by atoms with van der Waals surface area (Å²) in [6.45, 7) is 5.24. The van der Waals surface area contributed by atoms with Crippen molar-refractivity contribution in [3.63, 3.8) is 0 Å². The van der Waals surface area contributed by atoms with Gasteiger partial charge in [0.1, 0.15) is 0 Å². The number of methoxy groups -OCH3 is 2. The maximum absolute atomic E-state index is 12.5. The number of rotatable bonds is 4. The van der Waals surface area contributed by atoms with Gasteiger partial charge in [0.2, 0.25) is 0 Å². The lowest BCUT2D eigenvalue weighted by Gasteiger charge is -2.21. The second-order valence-corrected chi connectivity index (χ2v) is 7.80. The SMILES string of the molecule is COC(=O)C1(C(=O)OC)CC(=C\OC(=O)C(C)(C)C)/C(=C/c2ccccc2)C1. The summed E-state index contributed by atoms with van der Waals surface area (Å²) in [7, 11) is 2.46. The summed E-state index contributed by atoms with van der Waals surface area (Å²) >= 11 is 0. The van der Waals surface area contributed by atoms with Crippen LogP contribution in [-0.4, -0.2) is 32.1 Å². The minimum atomic E-state index is -1.50. The van der Waals surface area contributed by atoms with Crippen LogP contribution in [0.4, 0.5) is 0 Å². The minimum absolute atomic E-state index is 0.0302. The van der Waals surface area contributed by atoms with E-state index in [9.17, 15) is 14.4 Å². The molecule has 1 aromatic rings. The van der Waals surface area contributed by atoms with Crippen LogP contribution in [0.1, 0.15) is 39.2 Å². The molecular weight excluding hydrogens is 360 g/mol. The van der Waals surface area contributed by atoms with Crippen molar-refractivity contribution in [1.29, 1.82) is 0 Å². The van der Waals surface area contributed by atoms with E-state index < -0.39 is 28.7 Å². The zero-order valence-electron chi connectivity index (χ0n) is 16.9. The highest BCUT2D eigenvalue weighted by atomic mass is 16.5. The summed E-state index contributed by atoms with van der Waals surface area (Å²) < 4.78 is 15.1. The molecule has 0 aromatic heterocycles. The van der Waals surface area contributed by atoms with Gasteiger partial charge in [-0.15, -0.1) is 0 Å². The van der Waals surface area contributed by atoms with Crippen molar-refractivity contribution in [3.05, 3.63) is 53.3 Å². The summed E-state index contributed by atoms with van der Waals surface area (Å²) in [6, 6.07) is 9.48. The maximum atomic E-state index is 12.5. The summed E-state index contributed by atoms with van der Waals surface area (Å²) in [5.74, 6) is -1.76. The van der Waals surface area contributed by atoms with Crippen LogP contribution in [0.5, 0.6) is 0 Å². The first-order valence-electron chi connectivity index (χ1n) is 8.97. The molecule has 6 nitrogen and oxygen atoms in total. The van der Waals surface area contributed by atoms with Gasteiger partial charge >= 0.3 is 17.9 Å². The van der Waals surface area contributed by atoms with Crippen molar-refractivity contribution >= 4 is 24.0 Å². The van der Waals surface area contributed by atoms with Crippen molar-refractivity contribution in [2.45, 2.75) is 33.6 Å². The maximum Gasteiger partial charge on any atom is 0.323 e. The molecule has 6 heteroatoms. The zero-order chi connectivity index (χ0) is 20.9. The van der Waals surface area contributed by atoms with Crippen LogP contribution in [0.25, 0.3) is 6.08 Å². The third-order valence-corrected chi connectivity index (χ3v) is 4.61. The lowest BCUT2D eigenvalue weighted by molar-refractivity contribution is -0.168. The van der Waals surface area contributed by atoms with E-state index in [1.807, 2.05) is 36.4 Å². The molecule has 0 bridgehead atoms. The fourth-order valence-electron chi connectivity index (χ4n) is 3.02. The second-order valence-electron chi connectivity index (χ2n) is 7.80. The molecule has 0 atom stereocenters. The number of ether oxygens (including phenoxy) is 3. The van der Waals surface area contributed by atoms with E-state index in [1.54, 1.807) is 20.8 Å². The van der Waals surface area contributed by atoms with Crippen LogP contribution in [0.2, 0.25) is 0 Å². The van der Waals surface area contributed by atoms with E-state index >= 15 is 0 Å². The number of carbonyl (C=O) groups is 3. The lowest BCUT2D eigenvalue weighted by atomic mass is 9.85. The number of benzene rings is 1. The van der Waals surface area contributed by atoms with Crippen LogP contribution in [0, 0.1) is 10.8 Å². The van der Waals surface area contributed by atoms with Crippen LogP contribution < -0.4 is 0 Å². The normalized spacial score (nSPS) is 18.8. The molecule has 0 N–H and O–H groups in total. The molecule has 1 aliphatic carbocycles. The second kappa shape index (κ2) is 8.42. The molecule has 0 radical (unpaired) electrons. The minimum Gasteiger partial charge on any atom is -0.468 e. The van der Waals surface area contributed by atoms with Crippen molar-refractivity contribution in [3.8, 4) is 0 Å². The first-order valence-corrected chi connectivity index (χ1v) is 8.97. The van der Waals surface area contributed by atoms with Gasteiger partial charge in [-0.3, -0.25) is 14.4 Å². The average molecular weight is 386 g/mol. The molecule has 0 heterocycles. The highest BCUT2D eigenvalue weighted by molar-refractivity contribution is 6.02. The Balaban J connectivity index is 2.49. The van der Waals surface area contributed by atoms with Crippen LogP contribution in [0.3, 0.4) is 0 Å². The van der Waals surface area contributed by atoms with Gasteiger partial charge in [0, 0.05) is 6.42 Å². The van der Waals surface area contributed by atoms with E-state index in [1.165, 1.54) is 20.5 Å². The van der Waals surface area contributed by atoms with Gasteiger partial charge in [-0.1, -0.05) is 36.4 Å². The molecule has 150 valence electrons. The predicted molar refractivity (Wildman–Crippen MR) is 104 cm³/mol. The first-order chi connectivity index (χ1) is 13.1.